The number of rotatable bonds is 6. The lowest BCUT2D eigenvalue weighted by atomic mass is 10.2. The minimum Gasteiger partial charge on any atom is -0.382 e. The number of thiazole rings is 1. The molecule has 0 fully saturated rings. The molecule has 0 saturated heterocycles. The molecule has 0 amide bonds. The minimum atomic E-state index is -4.54. The Balaban J connectivity index is 2.23. The van der Waals surface area contributed by atoms with Gasteiger partial charge in [0, 0.05) is 11.9 Å². The van der Waals surface area contributed by atoms with Gasteiger partial charge in [0.2, 0.25) is 0 Å². The monoisotopic (exact) mass is 282 g/mol. The minimum absolute atomic E-state index is 0.389. The number of aryl methyl sites for hydroxylation is 2. The number of halogens is 3. The normalized spacial score (nSPS) is 14.2. The molecule has 1 aromatic rings. The Kier molecular flexibility index (Phi) is 5.55. The molecule has 18 heavy (non-hydrogen) atoms. The standard InChI is InChI=1S/C11H17F3N2OS/c1-8-15-9(7-18-8)4-3-5-16(2)6-10(17)11(12,13)14/h7,10,17H,3-6H2,1-2H3. The van der Waals surface area contributed by atoms with Crippen molar-refractivity contribution < 1.29 is 18.3 Å². The van der Waals surface area contributed by atoms with Gasteiger partial charge in [0.25, 0.3) is 0 Å². The maximum atomic E-state index is 12.1. The van der Waals surface area contributed by atoms with Gasteiger partial charge in [-0.3, -0.25) is 0 Å². The summed E-state index contributed by atoms with van der Waals surface area (Å²) in [6, 6.07) is 0. The van der Waals surface area contributed by atoms with E-state index in [0.29, 0.717) is 6.54 Å². The van der Waals surface area contributed by atoms with Gasteiger partial charge < -0.3 is 10.0 Å². The first-order valence-corrected chi connectivity index (χ1v) is 6.51. The number of hydrogen-bond donors (Lipinski definition) is 1. The van der Waals surface area contributed by atoms with Crippen LogP contribution in [0.25, 0.3) is 0 Å². The van der Waals surface area contributed by atoms with Crippen molar-refractivity contribution in [1.29, 1.82) is 0 Å². The first-order chi connectivity index (χ1) is 8.29. The zero-order valence-corrected chi connectivity index (χ0v) is 11.2. The Bertz CT molecular complexity index is 367. The van der Waals surface area contributed by atoms with E-state index >= 15 is 0 Å². The molecular weight excluding hydrogens is 265 g/mol. The van der Waals surface area contributed by atoms with Gasteiger partial charge in [0.05, 0.1) is 10.7 Å². The molecule has 1 atom stereocenters. The van der Waals surface area contributed by atoms with Gasteiger partial charge in [0.1, 0.15) is 0 Å². The van der Waals surface area contributed by atoms with E-state index in [2.05, 4.69) is 4.98 Å². The van der Waals surface area contributed by atoms with Crippen molar-refractivity contribution >= 4 is 11.3 Å². The predicted octanol–water partition coefficient (Wildman–Crippen LogP) is 2.24. The van der Waals surface area contributed by atoms with Gasteiger partial charge in [-0.25, -0.2) is 4.98 Å². The summed E-state index contributed by atoms with van der Waals surface area (Å²) >= 11 is 1.56. The number of aromatic nitrogens is 1. The third-order valence-electron chi connectivity index (χ3n) is 2.50. The molecule has 7 heteroatoms. The number of likely N-dealkylation sites (N-methyl/N-ethyl adjacent to an activating group) is 1. The van der Waals surface area contributed by atoms with Crippen LogP contribution in [-0.4, -0.2) is 47.4 Å². The van der Waals surface area contributed by atoms with Crippen LogP contribution in [0.5, 0.6) is 0 Å². The molecule has 0 aliphatic carbocycles. The molecule has 1 unspecified atom stereocenters. The Morgan fingerprint density at radius 2 is 2.17 bits per heavy atom. The Hall–Kier alpha value is -0.660. The zero-order chi connectivity index (χ0) is 13.8. The zero-order valence-electron chi connectivity index (χ0n) is 10.4. The highest BCUT2D eigenvalue weighted by Crippen LogP contribution is 2.20. The van der Waals surface area contributed by atoms with Crippen LogP contribution in [0.15, 0.2) is 5.38 Å². The molecule has 0 aliphatic rings. The lowest BCUT2D eigenvalue weighted by molar-refractivity contribution is -0.207. The van der Waals surface area contributed by atoms with Crippen LogP contribution in [0.1, 0.15) is 17.1 Å². The Morgan fingerprint density at radius 1 is 1.50 bits per heavy atom. The SMILES string of the molecule is Cc1nc(CCCN(C)CC(O)C(F)(F)F)cs1. The fraction of sp³-hybridized carbons (Fsp3) is 0.727. The van der Waals surface area contributed by atoms with E-state index in [4.69, 9.17) is 5.11 Å². The predicted molar refractivity (Wildman–Crippen MR) is 64.7 cm³/mol. The highest BCUT2D eigenvalue weighted by molar-refractivity contribution is 7.09. The third-order valence-corrected chi connectivity index (χ3v) is 3.32. The van der Waals surface area contributed by atoms with E-state index in [1.165, 1.54) is 4.90 Å². The maximum absolute atomic E-state index is 12.1. The van der Waals surface area contributed by atoms with Crippen molar-refractivity contribution in [2.24, 2.45) is 0 Å². The van der Waals surface area contributed by atoms with E-state index < -0.39 is 12.3 Å². The van der Waals surface area contributed by atoms with Crippen molar-refractivity contribution in [2.75, 3.05) is 20.1 Å². The molecule has 0 saturated carbocycles. The van der Waals surface area contributed by atoms with Gasteiger partial charge in [-0.1, -0.05) is 0 Å². The summed E-state index contributed by atoms with van der Waals surface area (Å²) in [4.78, 5) is 5.76. The van der Waals surface area contributed by atoms with E-state index in [0.717, 1.165) is 23.5 Å². The first kappa shape index (κ1) is 15.4. The van der Waals surface area contributed by atoms with Gasteiger partial charge in [-0.15, -0.1) is 11.3 Å². The van der Waals surface area contributed by atoms with E-state index in [-0.39, 0.29) is 6.54 Å². The number of alkyl halides is 3. The third kappa shape index (κ3) is 5.32. The van der Waals surface area contributed by atoms with E-state index in [9.17, 15) is 13.2 Å². The number of aliphatic hydroxyl groups is 1. The Morgan fingerprint density at radius 3 is 2.67 bits per heavy atom. The van der Waals surface area contributed by atoms with Crippen LogP contribution < -0.4 is 0 Å². The summed E-state index contributed by atoms with van der Waals surface area (Å²) in [5, 5.41) is 11.8. The first-order valence-electron chi connectivity index (χ1n) is 5.63. The van der Waals surface area contributed by atoms with Crippen LogP contribution >= 0.6 is 11.3 Å². The van der Waals surface area contributed by atoms with Crippen LogP contribution in [0.3, 0.4) is 0 Å². The molecule has 104 valence electrons. The summed E-state index contributed by atoms with van der Waals surface area (Å²) in [6.07, 6.45) is -5.34. The highest BCUT2D eigenvalue weighted by atomic mass is 32.1. The lowest BCUT2D eigenvalue weighted by Gasteiger charge is -2.21. The summed E-state index contributed by atoms with van der Waals surface area (Å²) < 4.78 is 36.3. The van der Waals surface area contributed by atoms with Crippen LogP contribution in [0.2, 0.25) is 0 Å². The smallest absolute Gasteiger partial charge is 0.382 e. The molecule has 1 heterocycles. The molecule has 0 aliphatic heterocycles. The molecule has 0 radical (unpaired) electrons. The average molecular weight is 282 g/mol. The van der Waals surface area contributed by atoms with Gasteiger partial charge >= 0.3 is 6.18 Å². The van der Waals surface area contributed by atoms with Crippen molar-refractivity contribution in [3.05, 3.63) is 16.1 Å². The summed E-state index contributed by atoms with van der Waals surface area (Å²) in [7, 11) is 1.57. The van der Waals surface area contributed by atoms with Gasteiger partial charge in [-0.05, 0) is 33.4 Å². The molecule has 1 rings (SSSR count). The van der Waals surface area contributed by atoms with Crippen LogP contribution in [0.4, 0.5) is 13.2 Å². The fourth-order valence-electron chi connectivity index (χ4n) is 1.54. The molecule has 1 N–H and O–H groups in total. The maximum Gasteiger partial charge on any atom is 0.415 e. The molecule has 0 spiro atoms. The average Bonchev–Trinajstić information content (AvgIpc) is 2.62. The van der Waals surface area contributed by atoms with Crippen LogP contribution in [-0.2, 0) is 6.42 Å². The van der Waals surface area contributed by atoms with E-state index in [1.807, 2.05) is 12.3 Å². The highest BCUT2D eigenvalue weighted by Gasteiger charge is 2.38. The molecule has 0 aromatic carbocycles. The van der Waals surface area contributed by atoms with E-state index in [1.54, 1.807) is 18.4 Å². The van der Waals surface area contributed by atoms with Gasteiger partial charge in [0.15, 0.2) is 6.10 Å². The van der Waals surface area contributed by atoms with Crippen molar-refractivity contribution in [3.8, 4) is 0 Å². The molecule has 3 nitrogen and oxygen atoms in total. The topological polar surface area (TPSA) is 36.4 Å². The second-order valence-electron chi connectivity index (χ2n) is 4.28. The summed E-state index contributed by atoms with van der Waals surface area (Å²) in [6.45, 7) is 2.03. The molecular formula is C11H17F3N2OS. The quantitative estimate of drug-likeness (QED) is 0.869. The largest absolute Gasteiger partial charge is 0.415 e. The second-order valence-corrected chi connectivity index (χ2v) is 5.34. The number of hydrogen-bond acceptors (Lipinski definition) is 4. The van der Waals surface area contributed by atoms with Crippen LogP contribution in [0, 0.1) is 6.92 Å². The molecule has 0 bridgehead atoms. The number of aliphatic hydroxyl groups excluding tert-OH is 1. The van der Waals surface area contributed by atoms with Crippen molar-refractivity contribution in [1.82, 2.24) is 9.88 Å². The fourth-order valence-corrected chi connectivity index (χ4v) is 2.19. The number of nitrogens with zero attached hydrogens (tertiary/aromatic N) is 2. The van der Waals surface area contributed by atoms with Gasteiger partial charge in [-0.2, -0.15) is 13.2 Å². The summed E-state index contributed by atoms with van der Waals surface area (Å²) in [5.41, 5.74) is 0.974. The lowest BCUT2D eigenvalue weighted by Crippen LogP contribution is -2.39. The second kappa shape index (κ2) is 6.49. The van der Waals surface area contributed by atoms with Crippen molar-refractivity contribution in [2.45, 2.75) is 32.0 Å². The Labute approximate surface area is 108 Å². The molecule has 1 aromatic heterocycles. The summed E-state index contributed by atoms with van der Waals surface area (Å²) in [5.74, 6) is 0. The van der Waals surface area contributed by atoms with Crippen molar-refractivity contribution in [3.63, 3.8) is 0 Å².